The predicted octanol–water partition coefficient (Wildman–Crippen LogP) is 7.01. The smallest absolute Gasteiger partial charge is 0.256 e. The van der Waals surface area contributed by atoms with Gasteiger partial charge in [0.2, 0.25) is 0 Å². The second kappa shape index (κ2) is 8.12. The van der Waals surface area contributed by atoms with E-state index in [2.05, 4.69) is 4.98 Å². The fourth-order valence-corrected chi connectivity index (χ4v) is 4.40. The van der Waals surface area contributed by atoms with Crippen LogP contribution in [0.2, 0.25) is 0 Å². The Bertz CT molecular complexity index is 1510. The number of aromatic nitrogens is 1. The molecule has 4 rings (SSSR count). The minimum atomic E-state index is -4.84. The summed E-state index contributed by atoms with van der Waals surface area (Å²) >= 11 is 0. The van der Waals surface area contributed by atoms with E-state index in [1.54, 1.807) is 6.07 Å². The second-order valence-electron chi connectivity index (χ2n) is 7.62. The highest BCUT2D eigenvalue weighted by atomic mass is 32.2. The van der Waals surface area contributed by atoms with Crippen LogP contribution in [0.3, 0.4) is 0 Å². The number of benzene rings is 3. The molecule has 0 N–H and O–H groups in total. The van der Waals surface area contributed by atoms with Crippen LogP contribution in [0.5, 0.6) is 0 Å². The zero-order chi connectivity index (χ0) is 24.9. The Morgan fingerprint density at radius 1 is 0.706 bits per heavy atom. The van der Waals surface area contributed by atoms with Crippen LogP contribution in [-0.4, -0.2) is 19.7 Å². The third-order valence-electron chi connectivity index (χ3n) is 5.29. The van der Waals surface area contributed by atoms with Crippen molar-refractivity contribution in [2.45, 2.75) is 17.2 Å². The average molecular weight is 495 g/mol. The van der Waals surface area contributed by atoms with E-state index >= 15 is 0 Å². The second-order valence-corrected chi connectivity index (χ2v) is 9.63. The van der Waals surface area contributed by atoms with Gasteiger partial charge in [0.25, 0.3) is 0 Å². The molecule has 176 valence electrons. The molecule has 0 spiro atoms. The van der Waals surface area contributed by atoms with Gasteiger partial charge in [-0.25, -0.2) is 8.42 Å². The molecule has 0 aliphatic rings. The van der Waals surface area contributed by atoms with E-state index in [0.717, 1.165) is 24.5 Å². The maximum Gasteiger partial charge on any atom is 0.418 e. The standard InChI is InChI=1S/C24H15F6NO2S/c1-34(32,33)16-8-9-18(21(13-16)24(28,29)30)15-5-2-4-14(12-15)17-10-11-31-22-19(17)6-3-7-20(22)23(25,26)27/h2-13H,1H3. The molecular weight excluding hydrogens is 480 g/mol. The Balaban J connectivity index is 1.92. The van der Waals surface area contributed by atoms with Crippen LogP contribution in [-0.2, 0) is 22.2 Å². The van der Waals surface area contributed by atoms with Gasteiger partial charge in [-0.2, -0.15) is 26.3 Å². The van der Waals surface area contributed by atoms with Gasteiger partial charge in [0, 0.05) is 17.8 Å². The van der Waals surface area contributed by atoms with E-state index in [9.17, 15) is 34.8 Å². The van der Waals surface area contributed by atoms with Crippen LogP contribution in [0, 0.1) is 0 Å². The summed E-state index contributed by atoms with van der Waals surface area (Å²) in [4.78, 5) is 3.40. The number of rotatable bonds is 3. The predicted molar refractivity (Wildman–Crippen MR) is 116 cm³/mol. The number of para-hydroxylation sites is 1. The quantitative estimate of drug-likeness (QED) is 0.287. The molecule has 1 heterocycles. The highest BCUT2D eigenvalue weighted by molar-refractivity contribution is 7.90. The maximum absolute atomic E-state index is 13.8. The fraction of sp³-hybridized carbons (Fsp3) is 0.125. The van der Waals surface area contributed by atoms with Gasteiger partial charge in [0.15, 0.2) is 9.84 Å². The molecule has 0 saturated carbocycles. The number of hydrogen-bond acceptors (Lipinski definition) is 3. The van der Waals surface area contributed by atoms with Crippen LogP contribution >= 0.6 is 0 Å². The first-order valence-electron chi connectivity index (χ1n) is 9.74. The lowest BCUT2D eigenvalue weighted by Crippen LogP contribution is -2.09. The Kier molecular flexibility index (Phi) is 5.67. The van der Waals surface area contributed by atoms with Crippen LogP contribution in [0.15, 0.2) is 77.8 Å². The molecule has 0 aliphatic carbocycles. The third-order valence-corrected chi connectivity index (χ3v) is 6.40. The lowest BCUT2D eigenvalue weighted by atomic mass is 9.94. The van der Waals surface area contributed by atoms with Gasteiger partial charge in [-0.3, -0.25) is 4.98 Å². The summed E-state index contributed by atoms with van der Waals surface area (Å²) in [6.07, 6.45) is -7.44. The molecule has 0 fully saturated rings. The number of alkyl halides is 6. The van der Waals surface area contributed by atoms with Gasteiger partial charge in [0.1, 0.15) is 0 Å². The highest BCUT2D eigenvalue weighted by Crippen LogP contribution is 2.41. The van der Waals surface area contributed by atoms with E-state index in [1.165, 1.54) is 42.6 Å². The van der Waals surface area contributed by atoms with E-state index < -0.39 is 38.2 Å². The van der Waals surface area contributed by atoms with Crippen molar-refractivity contribution in [3.05, 3.63) is 84.1 Å². The zero-order valence-electron chi connectivity index (χ0n) is 17.4. The average Bonchev–Trinajstić information content (AvgIpc) is 2.76. The molecule has 0 atom stereocenters. The number of halogens is 6. The summed E-state index contributed by atoms with van der Waals surface area (Å²) in [5.41, 5.74) is -1.71. The zero-order valence-corrected chi connectivity index (χ0v) is 18.2. The summed E-state index contributed by atoms with van der Waals surface area (Å²) in [5, 5.41) is 0.193. The molecule has 0 unspecified atom stereocenters. The summed E-state index contributed by atoms with van der Waals surface area (Å²) in [6, 6.07) is 13.7. The number of sulfone groups is 1. The van der Waals surface area contributed by atoms with E-state index in [-0.39, 0.29) is 22.0 Å². The Hall–Kier alpha value is -3.40. The fourth-order valence-electron chi connectivity index (χ4n) is 3.75. The Morgan fingerprint density at radius 2 is 1.32 bits per heavy atom. The minimum Gasteiger partial charge on any atom is -0.256 e. The first kappa shape index (κ1) is 23.7. The van der Waals surface area contributed by atoms with Crippen LogP contribution < -0.4 is 0 Å². The molecule has 0 aliphatic heterocycles. The summed E-state index contributed by atoms with van der Waals surface area (Å²) in [5.74, 6) is 0. The Morgan fingerprint density at radius 3 is 1.94 bits per heavy atom. The van der Waals surface area contributed by atoms with Crippen molar-refractivity contribution in [1.29, 1.82) is 0 Å². The number of nitrogens with zero attached hydrogens (tertiary/aromatic N) is 1. The molecule has 34 heavy (non-hydrogen) atoms. The third kappa shape index (κ3) is 4.50. The van der Waals surface area contributed by atoms with Gasteiger partial charge in [0.05, 0.1) is 21.5 Å². The van der Waals surface area contributed by atoms with Crippen LogP contribution in [0.25, 0.3) is 33.2 Å². The number of hydrogen-bond donors (Lipinski definition) is 0. The maximum atomic E-state index is 13.8. The van der Waals surface area contributed by atoms with Crippen molar-refractivity contribution in [2.75, 3.05) is 6.26 Å². The molecule has 0 bridgehead atoms. The molecule has 1 aromatic heterocycles. The molecule has 0 amide bonds. The molecule has 0 radical (unpaired) electrons. The topological polar surface area (TPSA) is 47.0 Å². The molecule has 3 aromatic carbocycles. The van der Waals surface area contributed by atoms with Gasteiger partial charge >= 0.3 is 12.4 Å². The minimum absolute atomic E-state index is 0.127. The first-order valence-corrected chi connectivity index (χ1v) is 11.6. The summed E-state index contributed by atoms with van der Waals surface area (Å²) in [6.45, 7) is 0. The molecule has 0 saturated heterocycles. The van der Waals surface area contributed by atoms with Gasteiger partial charge in [-0.1, -0.05) is 36.4 Å². The van der Waals surface area contributed by atoms with Crippen molar-refractivity contribution in [3.63, 3.8) is 0 Å². The highest BCUT2D eigenvalue weighted by Gasteiger charge is 2.35. The summed E-state index contributed by atoms with van der Waals surface area (Å²) in [7, 11) is -3.88. The van der Waals surface area contributed by atoms with Crippen molar-refractivity contribution in [3.8, 4) is 22.3 Å². The number of pyridine rings is 1. The van der Waals surface area contributed by atoms with E-state index in [4.69, 9.17) is 0 Å². The monoisotopic (exact) mass is 495 g/mol. The molecule has 10 heteroatoms. The normalized spacial score (nSPS) is 12.8. The number of fused-ring (bicyclic) bond motifs is 1. The van der Waals surface area contributed by atoms with Gasteiger partial charge < -0.3 is 0 Å². The van der Waals surface area contributed by atoms with Crippen molar-refractivity contribution < 1.29 is 34.8 Å². The SMILES string of the molecule is CS(=O)(=O)c1ccc(-c2cccc(-c3ccnc4c(C(F)(F)F)cccc34)c2)c(C(F)(F)F)c1. The van der Waals surface area contributed by atoms with Gasteiger partial charge in [-0.05, 0) is 52.6 Å². The molecular formula is C24H15F6NO2S. The van der Waals surface area contributed by atoms with Crippen molar-refractivity contribution >= 4 is 20.7 Å². The first-order chi connectivity index (χ1) is 15.8. The van der Waals surface area contributed by atoms with Crippen LogP contribution in [0.4, 0.5) is 26.3 Å². The van der Waals surface area contributed by atoms with Crippen LogP contribution in [0.1, 0.15) is 11.1 Å². The van der Waals surface area contributed by atoms with E-state index in [1.807, 2.05) is 0 Å². The van der Waals surface area contributed by atoms with Crippen molar-refractivity contribution in [1.82, 2.24) is 4.98 Å². The van der Waals surface area contributed by atoms with Gasteiger partial charge in [-0.15, -0.1) is 0 Å². The summed E-state index contributed by atoms with van der Waals surface area (Å²) < 4.78 is 105. The lowest BCUT2D eigenvalue weighted by Gasteiger charge is -2.16. The van der Waals surface area contributed by atoms with Crippen molar-refractivity contribution in [2.24, 2.45) is 0 Å². The Labute approximate surface area is 190 Å². The van der Waals surface area contributed by atoms with E-state index in [0.29, 0.717) is 17.2 Å². The molecule has 4 aromatic rings. The lowest BCUT2D eigenvalue weighted by molar-refractivity contribution is -0.137. The molecule has 3 nitrogen and oxygen atoms in total. The largest absolute Gasteiger partial charge is 0.418 e.